The molecule has 1 amide bonds. The zero-order valence-corrected chi connectivity index (χ0v) is 23.1. The molecule has 1 saturated heterocycles. The molecule has 39 heavy (non-hydrogen) atoms. The fourth-order valence-corrected chi connectivity index (χ4v) is 5.04. The molecule has 1 heterocycles. The van der Waals surface area contributed by atoms with Gasteiger partial charge in [0, 0.05) is 11.6 Å². The number of amides is 1. The molecule has 0 spiro atoms. The summed E-state index contributed by atoms with van der Waals surface area (Å²) in [4.78, 5) is 22.7. The Bertz CT molecular complexity index is 1100. The minimum Gasteiger partial charge on any atom is -0.484 e. The van der Waals surface area contributed by atoms with E-state index < -0.39 is 41.9 Å². The summed E-state index contributed by atoms with van der Waals surface area (Å²) in [7, 11) is 0. The monoisotopic (exact) mass is 582 g/mol. The number of carboxylic acid groups (broad SMARTS) is 1. The standard InChI is InChI=1S/C27H35ClN2O8S/c1-39-27-24(34)22(32)23(33)25(38-27)16-7-10-19(28)17(13-16)12-15-5-8-18(9-6-15)37-14-21(31)30-11-3-2-4-20(29)26(35)36/h5-10,13,20,22-25,27,32-34H,2-4,11-12,14,29H2,1H3,(H,30,31)(H,35,36)/t20?,22-,23-,24+,25+,27-/m1/s1. The number of aliphatic hydroxyl groups excluding tert-OH is 3. The van der Waals surface area contributed by atoms with Crippen molar-refractivity contribution in [2.45, 2.75) is 61.6 Å². The van der Waals surface area contributed by atoms with E-state index in [1.54, 1.807) is 30.5 Å². The first-order valence-electron chi connectivity index (χ1n) is 12.6. The summed E-state index contributed by atoms with van der Waals surface area (Å²) in [6.07, 6.45) is -0.824. The molecule has 1 aliphatic heterocycles. The zero-order valence-electron chi connectivity index (χ0n) is 21.5. The van der Waals surface area contributed by atoms with Crippen molar-refractivity contribution in [3.05, 3.63) is 64.2 Å². The Morgan fingerprint density at radius 3 is 2.49 bits per heavy atom. The van der Waals surface area contributed by atoms with Gasteiger partial charge < -0.3 is 41.0 Å². The molecule has 1 fully saturated rings. The van der Waals surface area contributed by atoms with Gasteiger partial charge in [-0.1, -0.05) is 35.9 Å². The van der Waals surface area contributed by atoms with E-state index in [-0.39, 0.29) is 12.5 Å². The SMILES string of the molecule is CS[C@H]1O[C@@H](c2ccc(Cl)c(Cc3ccc(OCC(=O)NCCCCC(N)C(=O)O)cc3)c2)[C@H](O)[C@@H](O)[C@@H]1O. The molecular formula is C27H35ClN2O8S. The molecule has 1 aliphatic rings. The van der Waals surface area contributed by atoms with Crippen LogP contribution in [0.15, 0.2) is 42.5 Å². The number of nitrogens with one attached hydrogen (secondary N) is 1. The van der Waals surface area contributed by atoms with E-state index in [1.807, 2.05) is 18.2 Å². The number of aliphatic carboxylic acids is 1. The number of ether oxygens (including phenoxy) is 2. The fourth-order valence-electron chi connectivity index (χ4n) is 4.19. The summed E-state index contributed by atoms with van der Waals surface area (Å²) < 4.78 is 11.4. The highest BCUT2D eigenvalue weighted by molar-refractivity contribution is 7.99. The zero-order chi connectivity index (χ0) is 28.5. The van der Waals surface area contributed by atoms with E-state index >= 15 is 0 Å². The molecule has 10 nitrogen and oxygen atoms in total. The molecule has 12 heteroatoms. The number of carboxylic acids is 1. The van der Waals surface area contributed by atoms with Crippen LogP contribution in [0.3, 0.4) is 0 Å². The van der Waals surface area contributed by atoms with Gasteiger partial charge in [-0.05, 0) is 66.8 Å². The molecule has 1 unspecified atom stereocenters. The predicted molar refractivity (Wildman–Crippen MR) is 148 cm³/mol. The van der Waals surface area contributed by atoms with Crippen molar-refractivity contribution in [1.29, 1.82) is 0 Å². The number of hydrogen-bond donors (Lipinski definition) is 6. The number of carbonyl (C=O) groups is 2. The van der Waals surface area contributed by atoms with Gasteiger partial charge in [0.05, 0.1) is 0 Å². The van der Waals surface area contributed by atoms with Crippen LogP contribution >= 0.6 is 23.4 Å². The van der Waals surface area contributed by atoms with Crippen LogP contribution in [0, 0.1) is 0 Å². The van der Waals surface area contributed by atoms with Gasteiger partial charge in [0.15, 0.2) is 6.61 Å². The third-order valence-corrected chi connectivity index (χ3v) is 7.69. The normalized spacial score (nSPS) is 23.7. The summed E-state index contributed by atoms with van der Waals surface area (Å²) in [5.41, 5.74) is 7.15. The molecule has 3 rings (SSSR count). The van der Waals surface area contributed by atoms with E-state index in [2.05, 4.69) is 5.32 Å². The second kappa shape index (κ2) is 14.8. The number of carbonyl (C=O) groups excluding carboxylic acids is 1. The third-order valence-electron chi connectivity index (χ3n) is 6.47. The van der Waals surface area contributed by atoms with Gasteiger partial charge in [-0.2, -0.15) is 0 Å². The molecule has 2 aromatic rings. The summed E-state index contributed by atoms with van der Waals surface area (Å²) in [5, 5.41) is 42.9. The second-order valence-electron chi connectivity index (χ2n) is 9.38. The lowest BCUT2D eigenvalue weighted by Crippen LogP contribution is -2.52. The molecule has 6 atom stereocenters. The van der Waals surface area contributed by atoms with Crippen molar-refractivity contribution < 1.29 is 39.5 Å². The van der Waals surface area contributed by atoms with E-state index in [0.717, 1.165) is 11.1 Å². The first kappa shape index (κ1) is 31.2. The molecule has 0 bridgehead atoms. The Labute approximate surface area is 236 Å². The average molecular weight is 583 g/mol. The maximum atomic E-state index is 12.0. The van der Waals surface area contributed by atoms with Crippen LogP contribution in [0.2, 0.25) is 5.02 Å². The summed E-state index contributed by atoms with van der Waals surface area (Å²) >= 11 is 7.69. The number of hydrogen-bond acceptors (Lipinski definition) is 9. The molecule has 0 saturated carbocycles. The van der Waals surface area contributed by atoms with Gasteiger partial charge in [0.25, 0.3) is 5.91 Å². The smallest absolute Gasteiger partial charge is 0.320 e. The van der Waals surface area contributed by atoms with Crippen LogP contribution in [0.1, 0.15) is 42.1 Å². The number of unbranched alkanes of at least 4 members (excludes halogenated alkanes) is 1. The predicted octanol–water partition coefficient (Wildman–Crippen LogP) is 1.85. The fraction of sp³-hybridized carbons (Fsp3) is 0.481. The molecular weight excluding hydrogens is 548 g/mol. The maximum absolute atomic E-state index is 12.0. The van der Waals surface area contributed by atoms with Gasteiger partial charge >= 0.3 is 5.97 Å². The third kappa shape index (κ3) is 8.81. The number of benzene rings is 2. The number of thioether (sulfide) groups is 1. The lowest BCUT2D eigenvalue weighted by molar-refractivity contribution is -0.200. The van der Waals surface area contributed by atoms with Crippen LogP contribution in [0.4, 0.5) is 0 Å². The Balaban J connectivity index is 1.51. The van der Waals surface area contributed by atoms with Crippen LogP contribution in [0.5, 0.6) is 5.75 Å². The van der Waals surface area contributed by atoms with Crippen molar-refractivity contribution in [1.82, 2.24) is 5.32 Å². The Morgan fingerprint density at radius 1 is 1.10 bits per heavy atom. The molecule has 214 valence electrons. The Kier molecular flexibility index (Phi) is 11.9. The van der Waals surface area contributed by atoms with Crippen LogP contribution in [-0.4, -0.2) is 81.5 Å². The van der Waals surface area contributed by atoms with Gasteiger partial charge in [0.1, 0.15) is 41.6 Å². The Morgan fingerprint density at radius 2 is 1.82 bits per heavy atom. The quantitative estimate of drug-likeness (QED) is 0.191. The minimum absolute atomic E-state index is 0.150. The highest BCUT2D eigenvalue weighted by Gasteiger charge is 2.44. The maximum Gasteiger partial charge on any atom is 0.320 e. The van der Waals surface area contributed by atoms with E-state index in [9.17, 15) is 24.9 Å². The van der Waals surface area contributed by atoms with Gasteiger partial charge in [-0.25, -0.2) is 0 Å². The summed E-state index contributed by atoms with van der Waals surface area (Å²) in [6, 6.07) is 11.6. The number of nitrogens with two attached hydrogens (primary N) is 1. The van der Waals surface area contributed by atoms with Crippen molar-refractivity contribution in [2.75, 3.05) is 19.4 Å². The minimum atomic E-state index is -1.34. The number of rotatable bonds is 13. The molecule has 0 aliphatic carbocycles. The molecule has 7 N–H and O–H groups in total. The van der Waals surface area contributed by atoms with Crippen molar-refractivity contribution >= 4 is 35.2 Å². The molecule has 0 radical (unpaired) electrons. The first-order valence-corrected chi connectivity index (χ1v) is 14.2. The molecule has 2 aromatic carbocycles. The lowest BCUT2D eigenvalue weighted by Gasteiger charge is -2.40. The van der Waals surface area contributed by atoms with Gasteiger partial charge in [0.2, 0.25) is 0 Å². The van der Waals surface area contributed by atoms with E-state index in [0.29, 0.717) is 48.6 Å². The first-order chi connectivity index (χ1) is 18.6. The number of aliphatic hydroxyl groups is 3. The summed E-state index contributed by atoms with van der Waals surface area (Å²) in [5.74, 6) is -0.787. The van der Waals surface area contributed by atoms with Crippen molar-refractivity contribution in [3.8, 4) is 5.75 Å². The van der Waals surface area contributed by atoms with Gasteiger partial charge in [-0.15, -0.1) is 11.8 Å². The van der Waals surface area contributed by atoms with Crippen molar-refractivity contribution in [2.24, 2.45) is 5.73 Å². The Hall–Kier alpha value is -2.38. The van der Waals surface area contributed by atoms with E-state index in [1.165, 1.54) is 11.8 Å². The van der Waals surface area contributed by atoms with Crippen molar-refractivity contribution in [3.63, 3.8) is 0 Å². The number of halogens is 1. The largest absolute Gasteiger partial charge is 0.484 e. The molecule has 0 aromatic heterocycles. The topological polar surface area (TPSA) is 172 Å². The van der Waals surface area contributed by atoms with Gasteiger partial charge in [-0.3, -0.25) is 9.59 Å². The average Bonchev–Trinajstić information content (AvgIpc) is 2.92. The van der Waals surface area contributed by atoms with Crippen LogP contribution < -0.4 is 15.8 Å². The highest BCUT2D eigenvalue weighted by Crippen LogP contribution is 2.37. The highest BCUT2D eigenvalue weighted by atomic mass is 35.5. The van der Waals surface area contributed by atoms with E-state index in [4.69, 9.17) is 31.9 Å². The summed E-state index contributed by atoms with van der Waals surface area (Å²) in [6.45, 7) is 0.261. The van der Waals surface area contributed by atoms with Crippen LogP contribution in [0.25, 0.3) is 0 Å². The van der Waals surface area contributed by atoms with Crippen LogP contribution in [-0.2, 0) is 20.7 Å². The lowest BCUT2D eigenvalue weighted by atomic mass is 9.92. The second-order valence-corrected chi connectivity index (χ2v) is 10.7.